The Morgan fingerprint density at radius 3 is 2.24 bits per heavy atom. The second-order valence-electron chi connectivity index (χ2n) is 9.32. The van der Waals surface area contributed by atoms with Crippen LogP contribution in [-0.4, -0.2) is 47.1 Å². The van der Waals surface area contributed by atoms with Crippen molar-refractivity contribution in [3.05, 3.63) is 71.8 Å². The maximum Gasteiger partial charge on any atom is 0.410 e. The minimum absolute atomic E-state index is 0.00481. The maximum atomic E-state index is 13.1. The van der Waals surface area contributed by atoms with Gasteiger partial charge in [0.2, 0.25) is 5.91 Å². The first-order valence-corrected chi connectivity index (χ1v) is 11.2. The lowest BCUT2D eigenvalue weighted by Gasteiger charge is -2.28. The summed E-state index contributed by atoms with van der Waals surface area (Å²) in [5.41, 5.74) is 1.23. The molecule has 7 heteroatoms. The van der Waals surface area contributed by atoms with Crippen LogP contribution in [0.3, 0.4) is 0 Å². The number of hydrogen-bond acceptors (Lipinski definition) is 5. The summed E-state index contributed by atoms with van der Waals surface area (Å²) in [6.07, 6.45) is -0.0960. The lowest BCUT2D eigenvalue weighted by Crippen LogP contribution is -2.51. The van der Waals surface area contributed by atoms with Crippen molar-refractivity contribution < 1.29 is 23.9 Å². The van der Waals surface area contributed by atoms with E-state index in [1.54, 1.807) is 27.7 Å². The molecule has 0 radical (unpaired) electrons. The Balaban J connectivity index is 1.66. The van der Waals surface area contributed by atoms with Gasteiger partial charge in [0, 0.05) is 12.5 Å². The van der Waals surface area contributed by atoms with Crippen LogP contribution >= 0.6 is 0 Å². The molecule has 1 fully saturated rings. The van der Waals surface area contributed by atoms with Crippen LogP contribution in [-0.2, 0) is 25.7 Å². The standard InChI is InChI=1S/C26H32N2O5/c1-18(24(30)32-17-19-11-7-5-8-12-19)27-23(29)22-15-21(20-13-9-6-10-14-20)16-28(22)25(31)33-26(2,3)4/h5-14,18,21-22H,15-17H2,1-4H3,(H,27,29)/t18-,21-,22+/m0/s1. The first-order valence-electron chi connectivity index (χ1n) is 11.2. The van der Waals surface area contributed by atoms with Gasteiger partial charge in [0.15, 0.2) is 0 Å². The summed E-state index contributed by atoms with van der Waals surface area (Å²) in [6.45, 7) is 7.43. The third-order valence-electron chi connectivity index (χ3n) is 5.44. The third kappa shape index (κ3) is 6.81. The van der Waals surface area contributed by atoms with Crippen molar-refractivity contribution >= 4 is 18.0 Å². The van der Waals surface area contributed by atoms with Crippen molar-refractivity contribution in [1.82, 2.24) is 10.2 Å². The molecular formula is C26H32N2O5. The number of likely N-dealkylation sites (tertiary alicyclic amines) is 1. The Bertz CT molecular complexity index is 956. The van der Waals surface area contributed by atoms with E-state index < -0.39 is 35.7 Å². The molecular weight excluding hydrogens is 420 g/mol. The van der Waals surface area contributed by atoms with E-state index in [0.717, 1.165) is 11.1 Å². The number of carbonyl (C=O) groups excluding carboxylic acids is 3. The van der Waals surface area contributed by atoms with Crippen molar-refractivity contribution in [2.24, 2.45) is 0 Å². The fourth-order valence-corrected chi connectivity index (χ4v) is 3.80. The molecule has 7 nitrogen and oxygen atoms in total. The lowest BCUT2D eigenvalue weighted by molar-refractivity contribution is -0.149. The molecule has 1 heterocycles. The summed E-state index contributed by atoms with van der Waals surface area (Å²) in [5.74, 6) is -0.938. The van der Waals surface area contributed by atoms with Gasteiger partial charge in [0.1, 0.15) is 24.3 Å². The molecule has 2 aromatic rings. The molecule has 0 bridgehead atoms. The van der Waals surface area contributed by atoms with E-state index in [2.05, 4.69) is 5.32 Å². The van der Waals surface area contributed by atoms with Crippen LogP contribution in [0, 0.1) is 0 Å². The smallest absolute Gasteiger partial charge is 0.410 e. The number of ether oxygens (including phenoxy) is 2. The first kappa shape index (κ1) is 24.3. The topological polar surface area (TPSA) is 84.9 Å². The number of nitrogens with one attached hydrogen (secondary N) is 1. The molecule has 0 saturated carbocycles. The second kappa shape index (κ2) is 10.5. The minimum Gasteiger partial charge on any atom is -0.459 e. The fourth-order valence-electron chi connectivity index (χ4n) is 3.80. The quantitative estimate of drug-likeness (QED) is 0.669. The average molecular weight is 453 g/mol. The van der Waals surface area contributed by atoms with E-state index in [9.17, 15) is 14.4 Å². The van der Waals surface area contributed by atoms with Gasteiger partial charge in [-0.15, -0.1) is 0 Å². The largest absolute Gasteiger partial charge is 0.459 e. The number of benzene rings is 2. The van der Waals surface area contributed by atoms with Crippen LogP contribution < -0.4 is 5.32 Å². The highest BCUT2D eigenvalue weighted by Gasteiger charge is 2.42. The van der Waals surface area contributed by atoms with Gasteiger partial charge in [-0.05, 0) is 45.2 Å². The van der Waals surface area contributed by atoms with Crippen molar-refractivity contribution in [1.29, 1.82) is 0 Å². The molecule has 0 spiro atoms. The molecule has 1 aliphatic heterocycles. The van der Waals surface area contributed by atoms with E-state index >= 15 is 0 Å². The predicted octanol–water partition coefficient (Wildman–Crippen LogP) is 4.03. The normalized spacial score (nSPS) is 19.0. The Morgan fingerprint density at radius 2 is 1.64 bits per heavy atom. The van der Waals surface area contributed by atoms with Crippen molar-refractivity contribution in [2.45, 2.75) is 64.3 Å². The van der Waals surface area contributed by atoms with Crippen molar-refractivity contribution in [3.63, 3.8) is 0 Å². The summed E-state index contributed by atoms with van der Waals surface area (Å²) in [4.78, 5) is 39.9. The molecule has 33 heavy (non-hydrogen) atoms. The van der Waals surface area contributed by atoms with Crippen molar-refractivity contribution in [2.75, 3.05) is 6.54 Å². The second-order valence-corrected chi connectivity index (χ2v) is 9.32. The number of nitrogens with zero attached hydrogens (tertiary/aromatic N) is 1. The van der Waals surface area contributed by atoms with Gasteiger partial charge in [-0.2, -0.15) is 0 Å². The number of rotatable bonds is 6. The van der Waals surface area contributed by atoms with Crippen LogP contribution in [0.25, 0.3) is 0 Å². The average Bonchev–Trinajstić information content (AvgIpc) is 3.23. The van der Waals surface area contributed by atoms with Gasteiger partial charge in [-0.3, -0.25) is 9.69 Å². The Labute approximate surface area is 195 Å². The molecule has 3 atom stereocenters. The molecule has 176 valence electrons. The van der Waals surface area contributed by atoms with Gasteiger partial charge >= 0.3 is 12.1 Å². The molecule has 0 unspecified atom stereocenters. The SMILES string of the molecule is C[C@H](NC(=O)[C@H]1C[C@H](c2ccccc2)CN1C(=O)OC(C)(C)C)C(=O)OCc1ccccc1. The Morgan fingerprint density at radius 1 is 1.03 bits per heavy atom. The van der Waals surface area contributed by atoms with Crippen LogP contribution in [0.2, 0.25) is 0 Å². The number of hydrogen-bond donors (Lipinski definition) is 1. The Hall–Kier alpha value is -3.35. The lowest BCUT2D eigenvalue weighted by atomic mass is 9.96. The summed E-state index contributed by atoms with van der Waals surface area (Å²) in [6, 6.07) is 17.5. The molecule has 2 aromatic carbocycles. The zero-order chi connectivity index (χ0) is 24.0. The van der Waals surface area contributed by atoms with E-state index in [0.29, 0.717) is 13.0 Å². The van der Waals surface area contributed by atoms with E-state index in [1.807, 2.05) is 60.7 Å². The molecule has 0 aromatic heterocycles. The Kier molecular flexibility index (Phi) is 7.74. The zero-order valence-electron chi connectivity index (χ0n) is 19.6. The highest BCUT2D eigenvalue weighted by atomic mass is 16.6. The fraction of sp³-hybridized carbons (Fsp3) is 0.423. The number of carbonyl (C=O) groups is 3. The predicted molar refractivity (Wildman–Crippen MR) is 124 cm³/mol. The summed E-state index contributed by atoms with van der Waals surface area (Å²) in [7, 11) is 0. The van der Waals surface area contributed by atoms with Crippen LogP contribution in [0.1, 0.15) is 51.2 Å². The summed E-state index contributed by atoms with van der Waals surface area (Å²) in [5, 5.41) is 2.71. The molecule has 2 amide bonds. The van der Waals surface area contributed by atoms with Gasteiger partial charge in [-0.25, -0.2) is 9.59 Å². The van der Waals surface area contributed by atoms with Gasteiger partial charge in [0.05, 0.1) is 0 Å². The summed E-state index contributed by atoms with van der Waals surface area (Å²) < 4.78 is 10.9. The van der Waals surface area contributed by atoms with Crippen LogP contribution in [0.4, 0.5) is 4.79 Å². The van der Waals surface area contributed by atoms with Crippen molar-refractivity contribution in [3.8, 4) is 0 Å². The third-order valence-corrected chi connectivity index (χ3v) is 5.44. The maximum absolute atomic E-state index is 13.1. The molecule has 1 saturated heterocycles. The number of amides is 2. The highest BCUT2D eigenvalue weighted by molar-refractivity contribution is 5.90. The van der Waals surface area contributed by atoms with Crippen LogP contribution in [0.5, 0.6) is 0 Å². The summed E-state index contributed by atoms with van der Waals surface area (Å²) >= 11 is 0. The van der Waals surface area contributed by atoms with Gasteiger partial charge < -0.3 is 14.8 Å². The van der Waals surface area contributed by atoms with Gasteiger partial charge in [0.25, 0.3) is 0 Å². The van der Waals surface area contributed by atoms with Crippen LogP contribution in [0.15, 0.2) is 60.7 Å². The molecule has 0 aliphatic carbocycles. The number of esters is 1. The van der Waals surface area contributed by atoms with E-state index in [4.69, 9.17) is 9.47 Å². The molecule has 1 aliphatic rings. The van der Waals surface area contributed by atoms with Gasteiger partial charge in [-0.1, -0.05) is 60.7 Å². The van der Waals surface area contributed by atoms with E-state index in [-0.39, 0.29) is 12.5 Å². The zero-order valence-corrected chi connectivity index (χ0v) is 19.6. The molecule has 1 N–H and O–H groups in total. The first-order chi connectivity index (χ1) is 15.6. The monoisotopic (exact) mass is 452 g/mol. The highest BCUT2D eigenvalue weighted by Crippen LogP contribution is 2.33. The minimum atomic E-state index is -0.850. The van der Waals surface area contributed by atoms with E-state index in [1.165, 1.54) is 4.90 Å². The molecule has 3 rings (SSSR count).